The maximum atomic E-state index is 12.9. The van der Waals surface area contributed by atoms with E-state index >= 15 is 0 Å². The molecule has 0 saturated carbocycles. The summed E-state index contributed by atoms with van der Waals surface area (Å²) >= 11 is 0. The highest BCUT2D eigenvalue weighted by atomic mass is 16.5. The molecule has 8 heteroatoms. The summed E-state index contributed by atoms with van der Waals surface area (Å²) in [6.07, 6.45) is 4.13. The number of carbonyl (C=O) groups is 2. The third-order valence-electron chi connectivity index (χ3n) is 7.86. The van der Waals surface area contributed by atoms with E-state index < -0.39 is 0 Å². The molecular formula is C31H44N4O4. The van der Waals surface area contributed by atoms with Crippen LogP contribution in [-0.4, -0.2) is 92.3 Å². The minimum absolute atomic E-state index is 0.131. The maximum absolute atomic E-state index is 12.9. The number of hydrogen-bond acceptors (Lipinski definition) is 5. The summed E-state index contributed by atoms with van der Waals surface area (Å²) in [5, 5.41) is 3.03. The van der Waals surface area contributed by atoms with Crippen LogP contribution >= 0.6 is 0 Å². The predicted octanol–water partition coefficient (Wildman–Crippen LogP) is 4.75. The number of rotatable bonds is 10. The lowest BCUT2D eigenvalue weighted by atomic mass is 9.95. The van der Waals surface area contributed by atoms with Crippen molar-refractivity contribution >= 4 is 17.6 Å². The summed E-state index contributed by atoms with van der Waals surface area (Å²) in [5.41, 5.74) is 2.61. The van der Waals surface area contributed by atoms with Crippen LogP contribution in [0.2, 0.25) is 0 Å². The van der Waals surface area contributed by atoms with Gasteiger partial charge in [0.25, 0.3) is 5.91 Å². The Hall–Kier alpha value is -3.10. The van der Waals surface area contributed by atoms with Crippen molar-refractivity contribution in [2.75, 3.05) is 64.9 Å². The molecule has 0 spiro atoms. The Morgan fingerprint density at radius 3 is 2.41 bits per heavy atom. The number of morpholine rings is 1. The molecule has 8 nitrogen and oxygen atoms in total. The monoisotopic (exact) mass is 536 g/mol. The van der Waals surface area contributed by atoms with Gasteiger partial charge in [0.1, 0.15) is 5.75 Å². The molecule has 1 N–H and O–H groups in total. The zero-order valence-electron chi connectivity index (χ0n) is 23.7. The van der Waals surface area contributed by atoms with E-state index in [0.717, 1.165) is 63.3 Å². The fourth-order valence-electron chi connectivity index (χ4n) is 5.56. The van der Waals surface area contributed by atoms with Gasteiger partial charge in [-0.15, -0.1) is 0 Å². The Labute approximate surface area is 233 Å². The molecule has 0 aromatic heterocycles. The minimum atomic E-state index is -0.131. The Morgan fingerprint density at radius 1 is 1.05 bits per heavy atom. The highest BCUT2D eigenvalue weighted by Crippen LogP contribution is 2.23. The molecular weight excluding hydrogens is 492 g/mol. The third kappa shape index (κ3) is 8.19. The fraction of sp³-hybridized carbons (Fsp3) is 0.548. The Bertz CT molecular complexity index is 1060. The minimum Gasteiger partial charge on any atom is -0.497 e. The molecule has 2 fully saturated rings. The van der Waals surface area contributed by atoms with E-state index in [1.54, 1.807) is 31.4 Å². The zero-order chi connectivity index (χ0) is 27.6. The first kappa shape index (κ1) is 28.9. The molecule has 39 heavy (non-hydrogen) atoms. The molecule has 0 bridgehead atoms. The average Bonchev–Trinajstić information content (AvgIpc) is 2.97. The number of carbonyl (C=O) groups excluding carboxylic acids is 2. The van der Waals surface area contributed by atoms with Crippen LogP contribution < -0.4 is 10.1 Å². The van der Waals surface area contributed by atoms with Crippen molar-refractivity contribution in [3.8, 4) is 5.75 Å². The van der Waals surface area contributed by atoms with Gasteiger partial charge in [0.05, 0.1) is 20.3 Å². The lowest BCUT2D eigenvalue weighted by molar-refractivity contribution is 0.0386. The van der Waals surface area contributed by atoms with Gasteiger partial charge >= 0.3 is 6.03 Å². The van der Waals surface area contributed by atoms with Crippen LogP contribution in [0.4, 0.5) is 10.5 Å². The van der Waals surface area contributed by atoms with Crippen molar-refractivity contribution in [1.29, 1.82) is 0 Å². The van der Waals surface area contributed by atoms with Crippen LogP contribution in [0.25, 0.3) is 0 Å². The van der Waals surface area contributed by atoms with Crippen molar-refractivity contribution in [3.63, 3.8) is 0 Å². The number of amides is 3. The number of ether oxygens (including phenoxy) is 2. The van der Waals surface area contributed by atoms with Crippen LogP contribution in [0.3, 0.4) is 0 Å². The lowest BCUT2D eigenvalue weighted by Crippen LogP contribution is -2.51. The number of methoxy groups -OCH3 is 1. The van der Waals surface area contributed by atoms with Crippen molar-refractivity contribution in [3.05, 3.63) is 59.7 Å². The second-order valence-electron chi connectivity index (χ2n) is 10.7. The highest BCUT2D eigenvalue weighted by Gasteiger charge is 2.29. The number of piperidine rings is 1. The van der Waals surface area contributed by atoms with E-state index in [0.29, 0.717) is 43.8 Å². The molecule has 4 rings (SSSR count). The van der Waals surface area contributed by atoms with Crippen LogP contribution in [-0.2, 0) is 11.2 Å². The number of nitrogens with one attached hydrogen (secondary N) is 1. The molecule has 212 valence electrons. The molecule has 2 aliphatic rings. The standard InChI is InChI=1S/C31H44N4O4/c1-4-14-35(23-25-12-15-33(16-13-25)31(37)34-17-19-39-20-18-34)24(2)21-26-6-5-7-28(22-26)32-30(36)27-8-10-29(38-3)11-9-27/h5-11,22,24-25H,4,12-21,23H2,1-3H3,(H,32,36)/t24-/m1/s1. The zero-order valence-corrected chi connectivity index (χ0v) is 23.7. The summed E-state index contributed by atoms with van der Waals surface area (Å²) in [7, 11) is 1.61. The highest BCUT2D eigenvalue weighted by molar-refractivity contribution is 6.04. The summed E-state index contributed by atoms with van der Waals surface area (Å²) < 4.78 is 10.6. The number of anilines is 1. The van der Waals surface area contributed by atoms with Gasteiger partial charge in [0.15, 0.2) is 0 Å². The summed E-state index contributed by atoms with van der Waals surface area (Å²) in [6.45, 7) is 11.0. The molecule has 2 aromatic rings. The molecule has 0 radical (unpaired) electrons. The van der Waals surface area contributed by atoms with E-state index in [2.05, 4.69) is 36.2 Å². The van der Waals surface area contributed by atoms with Crippen molar-refractivity contribution < 1.29 is 19.1 Å². The molecule has 0 aliphatic carbocycles. The predicted molar refractivity (Wildman–Crippen MR) is 155 cm³/mol. The summed E-state index contributed by atoms with van der Waals surface area (Å²) in [5.74, 6) is 1.20. The Morgan fingerprint density at radius 2 is 1.74 bits per heavy atom. The van der Waals surface area contributed by atoms with Gasteiger partial charge < -0.3 is 29.5 Å². The van der Waals surface area contributed by atoms with E-state index in [1.165, 1.54) is 5.56 Å². The number of likely N-dealkylation sites (tertiary alicyclic amines) is 1. The van der Waals surface area contributed by atoms with Gasteiger partial charge in [-0.05, 0) is 87.0 Å². The van der Waals surface area contributed by atoms with E-state index in [9.17, 15) is 9.59 Å². The molecule has 2 aliphatic heterocycles. The van der Waals surface area contributed by atoms with Gasteiger partial charge in [0.2, 0.25) is 0 Å². The fourth-order valence-corrected chi connectivity index (χ4v) is 5.56. The SMILES string of the molecule is CCCN(CC1CCN(C(=O)N2CCOCC2)CC1)[C@H](C)Cc1cccc(NC(=O)c2ccc(OC)cc2)c1. The Kier molecular flexibility index (Phi) is 10.6. The van der Waals surface area contributed by atoms with Crippen LogP contribution in [0.1, 0.15) is 49.0 Å². The normalized spacial score (nSPS) is 17.2. The topological polar surface area (TPSA) is 74.4 Å². The third-order valence-corrected chi connectivity index (χ3v) is 7.86. The van der Waals surface area contributed by atoms with Gasteiger partial charge in [-0.25, -0.2) is 4.79 Å². The van der Waals surface area contributed by atoms with Crippen LogP contribution in [0, 0.1) is 5.92 Å². The van der Waals surface area contributed by atoms with Gasteiger partial charge in [-0.2, -0.15) is 0 Å². The van der Waals surface area contributed by atoms with Crippen molar-refractivity contribution in [2.45, 2.75) is 45.6 Å². The molecule has 2 aromatic carbocycles. The first-order valence-electron chi connectivity index (χ1n) is 14.4. The largest absolute Gasteiger partial charge is 0.497 e. The van der Waals surface area contributed by atoms with E-state index in [-0.39, 0.29) is 11.9 Å². The molecule has 0 unspecified atom stereocenters. The van der Waals surface area contributed by atoms with Gasteiger partial charge in [-0.1, -0.05) is 19.1 Å². The Balaban J connectivity index is 1.29. The second kappa shape index (κ2) is 14.3. The molecule has 3 amide bonds. The summed E-state index contributed by atoms with van der Waals surface area (Å²) in [6, 6.07) is 15.8. The maximum Gasteiger partial charge on any atom is 0.320 e. The first-order chi connectivity index (χ1) is 19.0. The van der Waals surface area contributed by atoms with Crippen LogP contribution in [0.15, 0.2) is 48.5 Å². The van der Waals surface area contributed by atoms with E-state index in [1.807, 2.05) is 21.9 Å². The van der Waals surface area contributed by atoms with E-state index in [4.69, 9.17) is 9.47 Å². The first-order valence-corrected chi connectivity index (χ1v) is 14.4. The lowest BCUT2D eigenvalue weighted by Gasteiger charge is -2.39. The van der Waals surface area contributed by atoms with Gasteiger partial charge in [-0.3, -0.25) is 4.79 Å². The molecule has 2 saturated heterocycles. The average molecular weight is 537 g/mol. The molecule has 2 heterocycles. The smallest absolute Gasteiger partial charge is 0.320 e. The van der Waals surface area contributed by atoms with Crippen LogP contribution in [0.5, 0.6) is 5.75 Å². The number of nitrogens with zero attached hydrogens (tertiary/aromatic N) is 3. The van der Waals surface area contributed by atoms with Crippen molar-refractivity contribution in [2.24, 2.45) is 5.92 Å². The number of urea groups is 1. The second-order valence-corrected chi connectivity index (χ2v) is 10.7. The van der Waals surface area contributed by atoms with Crippen molar-refractivity contribution in [1.82, 2.24) is 14.7 Å². The summed E-state index contributed by atoms with van der Waals surface area (Å²) in [4.78, 5) is 32.1. The quantitative estimate of drug-likeness (QED) is 0.474. The molecule has 1 atom stereocenters. The number of hydrogen-bond donors (Lipinski definition) is 1. The number of benzene rings is 2. The van der Waals surface area contributed by atoms with Gasteiger partial charge in [0, 0.05) is 50.0 Å².